The summed E-state index contributed by atoms with van der Waals surface area (Å²) in [6, 6.07) is 17.1. The number of amides is 1. The molecular weight excluding hydrogens is 570 g/mol. The fourth-order valence-electron chi connectivity index (χ4n) is 5.23. The average Bonchev–Trinajstić information content (AvgIpc) is 3.65. The van der Waals surface area contributed by atoms with Gasteiger partial charge in [0.2, 0.25) is 5.91 Å². The lowest BCUT2D eigenvalue weighted by Crippen LogP contribution is -2.45. The van der Waals surface area contributed by atoms with Crippen molar-refractivity contribution in [2.75, 3.05) is 57.4 Å². The van der Waals surface area contributed by atoms with Crippen LogP contribution in [0.3, 0.4) is 0 Å². The first kappa shape index (κ1) is 30.2. The van der Waals surface area contributed by atoms with Crippen molar-refractivity contribution in [3.05, 3.63) is 72.4 Å². The van der Waals surface area contributed by atoms with Gasteiger partial charge in [0.1, 0.15) is 36.0 Å². The molecule has 0 saturated carbocycles. The highest BCUT2D eigenvalue weighted by molar-refractivity contribution is 5.99. The number of carbonyl (C=O) groups is 1. The molecule has 0 unspecified atom stereocenters. The fourth-order valence-corrected chi connectivity index (χ4v) is 5.23. The summed E-state index contributed by atoms with van der Waals surface area (Å²) in [6.07, 6.45) is 1.55. The van der Waals surface area contributed by atoms with Gasteiger partial charge in [0.15, 0.2) is 5.65 Å². The van der Waals surface area contributed by atoms with E-state index in [9.17, 15) is 4.79 Å². The predicted octanol–water partition coefficient (Wildman–Crippen LogP) is 4.16. The number of fused-ring (bicyclic) bond motifs is 1. The number of hydrogen-bond donors (Lipinski definition) is 2. The van der Waals surface area contributed by atoms with Crippen molar-refractivity contribution in [3.8, 4) is 22.7 Å². The summed E-state index contributed by atoms with van der Waals surface area (Å²) in [4.78, 5) is 26.2. The summed E-state index contributed by atoms with van der Waals surface area (Å²) >= 11 is 0. The molecule has 45 heavy (non-hydrogen) atoms. The van der Waals surface area contributed by atoms with Crippen LogP contribution in [0.15, 0.2) is 65.4 Å². The molecule has 1 aliphatic heterocycles. The van der Waals surface area contributed by atoms with Gasteiger partial charge in [-0.15, -0.1) is 0 Å². The zero-order valence-electron chi connectivity index (χ0n) is 26.2. The van der Waals surface area contributed by atoms with Crippen LogP contribution in [-0.2, 0) is 16.6 Å². The third kappa shape index (κ3) is 6.97. The molecular formula is C33H39N9O3. The summed E-state index contributed by atoms with van der Waals surface area (Å²) in [5.41, 5.74) is 10.3. The molecule has 0 spiro atoms. The Labute approximate surface area is 262 Å². The van der Waals surface area contributed by atoms with Crippen molar-refractivity contribution in [1.29, 1.82) is 0 Å². The topological polar surface area (TPSA) is 140 Å². The Morgan fingerprint density at radius 1 is 1.02 bits per heavy atom. The Balaban J connectivity index is 1.14. The highest BCUT2D eigenvalue weighted by Crippen LogP contribution is 2.33. The van der Waals surface area contributed by atoms with Gasteiger partial charge in [-0.25, -0.2) is 14.6 Å². The van der Waals surface area contributed by atoms with Crippen molar-refractivity contribution >= 4 is 28.4 Å². The molecule has 234 valence electrons. The second-order valence-electron chi connectivity index (χ2n) is 12.4. The van der Waals surface area contributed by atoms with Crippen LogP contribution in [0, 0.1) is 0 Å². The number of nitrogens with one attached hydrogen (secondary N) is 1. The molecule has 1 aliphatic rings. The normalized spacial score (nSPS) is 14.6. The van der Waals surface area contributed by atoms with Gasteiger partial charge in [-0.2, -0.15) is 5.10 Å². The second-order valence-corrected chi connectivity index (χ2v) is 12.4. The van der Waals surface area contributed by atoms with Crippen molar-refractivity contribution < 1.29 is 14.1 Å². The number of nitrogens with two attached hydrogens (primary N) is 1. The standard InChI is InChI=1S/C33H39N9O3/c1-33(2,3)27-19-24(39-45-27)20-28(43)37-23-7-9-25(10-8-23)42-32-29(31(34)35-21-36-32)30(38-42)22-5-11-26(12-6-22)44-18-17-41-15-13-40(4)14-16-41/h5-12,19,21H,13-18,20H2,1-4H3,(H,37,43)(H2,34,35,36). The van der Waals surface area contributed by atoms with Crippen LogP contribution < -0.4 is 15.8 Å². The molecule has 0 bridgehead atoms. The van der Waals surface area contributed by atoms with Crippen LogP contribution in [-0.4, -0.2) is 87.0 Å². The Kier molecular flexibility index (Phi) is 8.50. The molecule has 5 aromatic rings. The van der Waals surface area contributed by atoms with Crippen molar-refractivity contribution in [1.82, 2.24) is 34.7 Å². The summed E-state index contributed by atoms with van der Waals surface area (Å²) in [5, 5.41) is 12.5. The first-order valence-electron chi connectivity index (χ1n) is 15.1. The average molecular weight is 610 g/mol. The maximum atomic E-state index is 12.7. The SMILES string of the molecule is CN1CCN(CCOc2ccc(-c3nn(-c4ccc(NC(=O)Cc5cc(C(C)(C)C)on5)cc4)c4ncnc(N)c34)cc2)CC1. The van der Waals surface area contributed by atoms with E-state index in [0.29, 0.717) is 40.5 Å². The van der Waals surface area contributed by atoms with Crippen LogP contribution in [0.2, 0.25) is 0 Å². The van der Waals surface area contributed by atoms with Gasteiger partial charge in [0.25, 0.3) is 0 Å². The fraction of sp³-hybridized carbons (Fsp3) is 0.364. The Bertz CT molecular complexity index is 1760. The van der Waals surface area contributed by atoms with Crippen molar-refractivity contribution in [3.63, 3.8) is 0 Å². The molecule has 1 fully saturated rings. The van der Waals surface area contributed by atoms with Crippen molar-refractivity contribution in [2.24, 2.45) is 0 Å². The number of ether oxygens (including phenoxy) is 1. The lowest BCUT2D eigenvalue weighted by molar-refractivity contribution is -0.115. The Hall–Kier alpha value is -4.81. The lowest BCUT2D eigenvalue weighted by Gasteiger charge is -2.32. The molecule has 6 rings (SSSR count). The number of nitrogens with zero attached hydrogens (tertiary/aromatic N) is 7. The van der Waals surface area contributed by atoms with E-state index < -0.39 is 0 Å². The van der Waals surface area contributed by atoms with Crippen LogP contribution in [0.4, 0.5) is 11.5 Å². The number of rotatable bonds is 9. The quantitative estimate of drug-likeness (QED) is 0.250. The number of aromatic nitrogens is 5. The third-order valence-electron chi connectivity index (χ3n) is 7.93. The molecule has 2 aromatic carbocycles. The molecule has 3 aromatic heterocycles. The number of carbonyl (C=O) groups excluding carboxylic acids is 1. The smallest absolute Gasteiger partial charge is 0.230 e. The van der Waals surface area contributed by atoms with E-state index in [2.05, 4.69) is 37.3 Å². The predicted molar refractivity (Wildman–Crippen MR) is 173 cm³/mol. The number of piperazine rings is 1. The highest BCUT2D eigenvalue weighted by Gasteiger charge is 2.21. The largest absolute Gasteiger partial charge is 0.492 e. The van der Waals surface area contributed by atoms with Crippen LogP contribution in [0.5, 0.6) is 5.75 Å². The van der Waals surface area contributed by atoms with Crippen LogP contribution in [0.1, 0.15) is 32.2 Å². The van der Waals surface area contributed by atoms with Gasteiger partial charge in [-0.1, -0.05) is 25.9 Å². The number of nitrogen functional groups attached to an aromatic ring is 1. The van der Waals surface area contributed by atoms with E-state index in [0.717, 1.165) is 55.5 Å². The number of benzene rings is 2. The number of anilines is 2. The van der Waals surface area contributed by atoms with E-state index in [1.807, 2.05) is 75.4 Å². The Morgan fingerprint density at radius 2 is 1.76 bits per heavy atom. The zero-order valence-corrected chi connectivity index (χ0v) is 26.2. The maximum Gasteiger partial charge on any atom is 0.230 e. The van der Waals surface area contributed by atoms with Gasteiger partial charge in [-0.3, -0.25) is 9.69 Å². The molecule has 4 heterocycles. The molecule has 1 saturated heterocycles. The van der Waals surface area contributed by atoms with E-state index in [4.69, 9.17) is 20.1 Å². The van der Waals surface area contributed by atoms with Gasteiger partial charge in [0.05, 0.1) is 23.2 Å². The Morgan fingerprint density at radius 3 is 2.44 bits per heavy atom. The lowest BCUT2D eigenvalue weighted by atomic mass is 9.93. The number of likely N-dealkylation sites (N-methyl/N-ethyl adjacent to an activating group) is 1. The first-order chi connectivity index (χ1) is 21.6. The molecule has 1 amide bonds. The van der Waals surface area contributed by atoms with Gasteiger partial charge < -0.3 is 25.2 Å². The zero-order chi connectivity index (χ0) is 31.6. The second kappa shape index (κ2) is 12.7. The van der Waals surface area contributed by atoms with Gasteiger partial charge in [-0.05, 0) is 55.6 Å². The van der Waals surface area contributed by atoms with E-state index in [-0.39, 0.29) is 17.7 Å². The van der Waals surface area contributed by atoms with Gasteiger partial charge in [0, 0.05) is 55.5 Å². The van der Waals surface area contributed by atoms with Crippen LogP contribution in [0.25, 0.3) is 28.0 Å². The van der Waals surface area contributed by atoms with E-state index >= 15 is 0 Å². The highest BCUT2D eigenvalue weighted by atomic mass is 16.5. The third-order valence-corrected chi connectivity index (χ3v) is 7.93. The minimum absolute atomic E-state index is 0.116. The molecule has 3 N–H and O–H groups in total. The summed E-state index contributed by atoms with van der Waals surface area (Å²) < 4.78 is 13.2. The van der Waals surface area contributed by atoms with E-state index in [1.54, 1.807) is 4.68 Å². The molecule has 0 aliphatic carbocycles. The number of hydrogen-bond acceptors (Lipinski definition) is 10. The van der Waals surface area contributed by atoms with Crippen LogP contribution >= 0.6 is 0 Å². The first-order valence-corrected chi connectivity index (χ1v) is 15.1. The van der Waals surface area contributed by atoms with Crippen molar-refractivity contribution in [2.45, 2.75) is 32.6 Å². The molecule has 12 heteroatoms. The molecule has 0 atom stereocenters. The van der Waals surface area contributed by atoms with E-state index in [1.165, 1.54) is 6.33 Å². The monoisotopic (exact) mass is 609 g/mol. The maximum absolute atomic E-state index is 12.7. The molecule has 0 radical (unpaired) electrons. The summed E-state index contributed by atoms with van der Waals surface area (Å²) in [7, 11) is 2.16. The summed E-state index contributed by atoms with van der Waals surface area (Å²) in [5.74, 6) is 1.71. The minimum atomic E-state index is -0.185. The minimum Gasteiger partial charge on any atom is -0.492 e. The summed E-state index contributed by atoms with van der Waals surface area (Å²) in [6.45, 7) is 12.0. The van der Waals surface area contributed by atoms with Gasteiger partial charge >= 0.3 is 0 Å². The molecule has 12 nitrogen and oxygen atoms in total.